The molecule has 0 saturated heterocycles. The SMILES string of the molecule is CCCN(CC(=O)NC)C(=O)C1C(C(=O)O)C1(C)C. The van der Waals surface area contributed by atoms with Crippen LogP contribution in [0.15, 0.2) is 0 Å². The van der Waals surface area contributed by atoms with Gasteiger partial charge in [-0.1, -0.05) is 20.8 Å². The fourth-order valence-corrected chi connectivity index (χ4v) is 2.55. The normalized spacial score (nSPS) is 23.6. The van der Waals surface area contributed by atoms with Gasteiger partial charge in [-0.2, -0.15) is 0 Å². The third kappa shape index (κ3) is 3.05. The topological polar surface area (TPSA) is 86.7 Å². The van der Waals surface area contributed by atoms with Crippen LogP contribution in [0.3, 0.4) is 0 Å². The van der Waals surface area contributed by atoms with Crippen molar-refractivity contribution in [2.45, 2.75) is 27.2 Å². The molecule has 1 aliphatic rings. The zero-order chi connectivity index (χ0) is 14.8. The summed E-state index contributed by atoms with van der Waals surface area (Å²) in [6.07, 6.45) is 0.730. The lowest BCUT2D eigenvalue weighted by molar-refractivity contribution is -0.142. The molecule has 0 aliphatic heterocycles. The zero-order valence-corrected chi connectivity index (χ0v) is 11.9. The van der Waals surface area contributed by atoms with Gasteiger partial charge in [0.25, 0.3) is 0 Å². The van der Waals surface area contributed by atoms with E-state index in [1.165, 1.54) is 11.9 Å². The molecule has 0 bridgehead atoms. The van der Waals surface area contributed by atoms with Crippen molar-refractivity contribution < 1.29 is 19.5 Å². The van der Waals surface area contributed by atoms with Crippen LogP contribution in [0.1, 0.15) is 27.2 Å². The minimum atomic E-state index is -0.945. The molecule has 0 spiro atoms. The van der Waals surface area contributed by atoms with Crippen LogP contribution in [0.25, 0.3) is 0 Å². The fourth-order valence-electron chi connectivity index (χ4n) is 2.55. The van der Waals surface area contributed by atoms with E-state index in [2.05, 4.69) is 5.32 Å². The summed E-state index contributed by atoms with van der Waals surface area (Å²) >= 11 is 0. The molecule has 6 nitrogen and oxygen atoms in total. The monoisotopic (exact) mass is 270 g/mol. The maximum atomic E-state index is 12.4. The number of amides is 2. The first-order chi connectivity index (χ1) is 8.77. The summed E-state index contributed by atoms with van der Waals surface area (Å²) in [6.45, 7) is 5.92. The Balaban J connectivity index is 2.78. The van der Waals surface area contributed by atoms with Gasteiger partial charge in [0.2, 0.25) is 11.8 Å². The number of hydrogen-bond donors (Lipinski definition) is 2. The summed E-state index contributed by atoms with van der Waals surface area (Å²) in [6, 6.07) is 0. The third-order valence-electron chi connectivity index (χ3n) is 3.78. The summed E-state index contributed by atoms with van der Waals surface area (Å²) < 4.78 is 0. The molecular formula is C13H22N2O4. The van der Waals surface area contributed by atoms with Crippen molar-refractivity contribution in [3.8, 4) is 0 Å². The fraction of sp³-hybridized carbons (Fsp3) is 0.769. The molecule has 1 fully saturated rings. The van der Waals surface area contributed by atoms with Gasteiger partial charge in [-0.25, -0.2) is 0 Å². The number of carboxylic acid groups (broad SMARTS) is 1. The molecule has 0 aromatic heterocycles. The summed E-state index contributed by atoms with van der Waals surface area (Å²) in [5.74, 6) is -2.60. The highest BCUT2D eigenvalue weighted by molar-refractivity contribution is 5.93. The van der Waals surface area contributed by atoms with E-state index in [0.717, 1.165) is 6.42 Å². The second-order valence-corrected chi connectivity index (χ2v) is 5.55. The smallest absolute Gasteiger partial charge is 0.307 e. The number of carbonyl (C=O) groups excluding carboxylic acids is 2. The van der Waals surface area contributed by atoms with Crippen LogP contribution in [0.4, 0.5) is 0 Å². The Morgan fingerprint density at radius 2 is 1.84 bits per heavy atom. The second-order valence-electron chi connectivity index (χ2n) is 5.55. The van der Waals surface area contributed by atoms with Crippen molar-refractivity contribution in [1.82, 2.24) is 10.2 Å². The summed E-state index contributed by atoms with van der Waals surface area (Å²) in [5.41, 5.74) is -0.530. The van der Waals surface area contributed by atoms with Crippen molar-refractivity contribution in [3.63, 3.8) is 0 Å². The Bertz CT molecular complexity index is 392. The highest BCUT2D eigenvalue weighted by atomic mass is 16.4. The molecule has 2 N–H and O–H groups in total. The van der Waals surface area contributed by atoms with E-state index < -0.39 is 23.2 Å². The van der Waals surface area contributed by atoms with Crippen LogP contribution < -0.4 is 5.32 Å². The molecule has 1 saturated carbocycles. The second kappa shape index (κ2) is 5.59. The molecule has 0 radical (unpaired) electrons. The average Bonchev–Trinajstić information content (AvgIpc) is 2.90. The number of nitrogens with one attached hydrogen (secondary N) is 1. The Hall–Kier alpha value is -1.59. The van der Waals surface area contributed by atoms with Crippen LogP contribution in [0.2, 0.25) is 0 Å². The van der Waals surface area contributed by atoms with E-state index in [1.807, 2.05) is 6.92 Å². The number of hydrogen-bond acceptors (Lipinski definition) is 3. The van der Waals surface area contributed by atoms with Gasteiger partial charge in [-0.15, -0.1) is 0 Å². The molecule has 1 rings (SSSR count). The van der Waals surface area contributed by atoms with Gasteiger partial charge >= 0.3 is 5.97 Å². The van der Waals surface area contributed by atoms with Crippen LogP contribution in [0, 0.1) is 17.3 Å². The van der Waals surface area contributed by atoms with Crippen molar-refractivity contribution >= 4 is 17.8 Å². The van der Waals surface area contributed by atoms with Gasteiger partial charge in [-0.3, -0.25) is 14.4 Å². The largest absolute Gasteiger partial charge is 0.481 e. The van der Waals surface area contributed by atoms with E-state index in [1.54, 1.807) is 13.8 Å². The lowest BCUT2D eigenvalue weighted by Gasteiger charge is -2.22. The first-order valence-electron chi connectivity index (χ1n) is 6.49. The van der Waals surface area contributed by atoms with E-state index in [9.17, 15) is 14.4 Å². The minimum absolute atomic E-state index is 0.0118. The molecule has 0 aromatic rings. The minimum Gasteiger partial charge on any atom is -0.481 e. The van der Waals surface area contributed by atoms with Crippen LogP contribution in [0.5, 0.6) is 0 Å². The number of likely N-dealkylation sites (N-methyl/N-ethyl adjacent to an activating group) is 1. The number of nitrogens with zero attached hydrogens (tertiary/aromatic N) is 1. The number of aliphatic carboxylic acids is 1. The van der Waals surface area contributed by atoms with Gasteiger partial charge in [-0.05, 0) is 11.8 Å². The van der Waals surface area contributed by atoms with Gasteiger partial charge < -0.3 is 15.3 Å². The van der Waals surface area contributed by atoms with Gasteiger partial charge in [0.05, 0.1) is 18.4 Å². The first kappa shape index (κ1) is 15.5. The highest BCUT2D eigenvalue weighted by Gasteiger charge is 2.66. The first-order valence-corrected chi connectivity index (χ1v) is 6.49. The zero-order valence-electron chi connectivity index (χ0n) is 11.9. The lowest BCUT2D eigenvalue weighted by atomic mass is 10.1. The van der Waals surface area contributed by atoms with E-state index in [-0.39, 0.29) is 18.4 Å². The molecule has 2 atom stereocenters. The number of carbonyl (C=O) groups is 3. The Labute approximate surface area is 113 Å². The molecule has 0 aromatic carbocycles. The quantitative estimate of drug-likeness (QED) is 0.728. The molecule has 2 amide bonds. The lowest BCUT2D eigenvalue weighted by Crippen LogP contribution is -2.41. The summed E-state index contributed by atoms with van der Waals surface area (Å²) in [7, 11) is 1.51. The summed E-state index contributed by atoms with van der Waals surface area (Å²) in [4.78, 5) is 36.3. The third-order valence-corrected chi connectivity index (χ3v) is 3.78. The molecule has 0 heterocycles. The van der Waals surface area contributed by atoms with Gasteiger partial charge in [0, 0.05) is 13.6 Å². The van der Waals surface area contributed by atoms with E-state index >= 15 is 0 Å². The Morgan fingerprint density at radius 3 is 2.21 bits per heavy atom. The molecule has 108 valence electrons. The number of carboxylic acids is 1. The Morgan fingerprint density at radius 1 is 1.26 bits per heavy atom. The highest BCUT2D eigenvalue weighted by Crippen LogP contribution is 2.59. The molecule has 2 unspecified atom stereocenters. The standard InChI is InChI=1S/C13H22N2O4/c1-5-6-15(7-8(16)14-4)11(17)9-10(12(18)19)13(9,2)3/h9-10H,5-7H2,1-4H3,(H,14,16)(H,18,19). The maximum Gasteiger partial charge on any atom is 0.307 e. The molecule has 19 heavy (non-hydrogen) atoms. The van der Waals surface area contributed by atoms with Crippen LogP contribution in [-0.2, 0) is 14.4 Å². The van der Waals surface area contributed by atoms with Crippen LogP contribution in [-0.4, -0.2) is 47.9 Å². The van der Waals surface area contributed by atoms with Crippen molar-refractivity contribution in [1.29, 1.82) is 0 Å². The predicted octanol–water partition coefficient (Wildman–Crippen LogP) is 0.328. The van der Waals surface area contributed by atoms with Crippen molar-refractivity contribution in [2.24, 2.45) is 17.3 Å². The van der Waals surface area contributed by atoms with Crippen LogP contribution >= 0.6 is 0 Å². The maximum absolute atomic E-state index is 12.4. The van der Waals surface area contributed by atoms with E-state index in [4.69, 9.17) is 5.11 Å². The average molecular weight is 270 g/mol. The number of rotatable bonds is 6. The molecule has 1 aliphatic carbocycles. The van der Waals surface area contributed by atoms with Crippen molar-refractivity contribution in [3.05, 3.63) is 0 Å². The Kier molecular flexibility index (Phi) is 4.55. The summed E-state index contributed by atoms with van der Waals surface area (Å²) in [5, 5.41) is 11.6. The van der Waals surface area contributed by atoms with Gasteiger partial charge in [0.1, 0.15) is 0 Å². The molecule has 6 heteroatoms. The molecular weight excluding hydrogens is 248 g/mol. The van der Waals surface area contributed by atoms with E-state index in [0.29, 0.717) is 6.54 Å². The van der Waals surface area contributed by atoms with Crippen molar-refractivity contribution in [2.75, 3.05) is 20.1 Å². The van der Waals surface area contributed by atoms with Gasteiger partial charge in [0.15, 0.2) is 0 Å². The predicted molar refractivity (Wildman–Crippen MR) is 69.3 cm³/mol.